The van der Waals surface area contributed by atoms with Crippen molar-refractivity contribution in [3.05, 3.63) is 21.9 Å². The van der Waals surface area contributed by atoms with Gasteiger partial charge >= 0.3 is 0 Å². The van der Waals surface area contributed by atoms with Crippen molar-refractivity contribution in [3.8, 4) is 11.8 Å². The Balaban J connectivity index is 2.24. The molecular weight excluding hydrogens is 264 g/mol. The second-order valence-corrected chi connectivity index (χ2v) is 4.63. The molecule has 19 heavy (non-hydrogen) atoms. The van der Waals surface area contributed by atoms with Gasteiger partial charge in [0, 0.05) is 22.9 Å². The Bertz CT molecular complexity index is 448. The smallest absolute Gasteiger partial charge is 0.246 e. The minimum Gasteiger partial charge on any atom is -0.382 e. The van der Waals surface area contributed by atoms with Crippen LogP contribution < -0.4 is 11.1 Å². The van der Waals surface area contributed by atoms with Crippen LogP contribution in [0, 0.1) is 11.8 Å². The lowest BCUT2D eigenvalue weighted by molar-refractivity contribution is -0.126. The molecule has 0 aliphatic carbocycles. The number of nitrogens with one attached hydrogen (secondary N) is 1. The zero-order valence-electron chi connectivity index (χ0n) is 10.9. The largest absolute Gasteiger partial charge is 0.382 e. The number of rotatable bonds is 7. The molecule has 0 bridgehead atoms. The molecule has 1 aromatic rings. The fourth-order valence-corrected chi connectivity index (χ4v) is 1.99. The van der Waals surface area contributed by atoms with Gasteiger partial charge < -0.3 is 20.5 Å². The molecule has 1 heterocycles. The first-order valence-electron chi connectivity index (χ1n) is 5.86. The Morgan fingerprint density at radius 1 is 1.53 bits per heavy atom. The lowest BCUT2D eigenvalue weighted by Gasteiger charge is -2.04. The number of hydrogen-bond donors (Lipinski definition) is 2. The van der Waals surface area contributed by atoms with Crippen LogP contribution in [0.3, 0.4) is 0 Å². The first kappa shape index (κ1) is 15.7. The van der Waals surface area contributed by atoms with E-state index >= 15 is 0 Å². The highest BCUT2D eigenvalue weighted by molar-refractivity contribution is 7.10. The molecule has 0 fully saturated rings. The summed E-state index contributed by atoms with van der Waals surface area (Å²) in [6.45, 7) is 1.79. The van der Waals surface area contributed by atoms with Crippen molar-refractivity contribution < 1.29 is 14.3 Å². The normalized spacial score (nSPS) is 9.79. The monoisotopic (exact) mass is 282 g/mol. The number of amides is 1. The van der Waals surface area contributed by atoms with Crippen LogP contribution in [0.25, 0.3) is 0 Å². The molecule has 1 aromatic heterocycles. The Morgan fingerprint density at radius 2 is 2.37 bits per heavy atom. The molecule has 0 spiro atoms. The summed E-state index contributed by atoms with van der Waals surface area (Å²) in [6, 6.07) is 1.94. The maximum Gasteiger partial charge on any atom is 0.246 e. The predicted molar refractivity (Wildman–Crippen MR) is 74.8 cm³/mol. The summed E-state index contributed by atoms with van der Waals surface area (Å²) in [4.78, 5) is 12.5. The molecule has 0 atom stereocenters. The van der Waals surface area contributed by atoms with Crippen molar-refractivity contribution in [1.29, 1.82) is 0 Å². The Hall–Kier alpha value is -1.39. The van der Waals surface area contributed by atoms with Gasteiger partial charge in [-0.3, -0.25) is 4.79 Å². The van der Waals surface area contributed by atoms with E-state index in [1.807, 2.05) is 11.4 Å². The number of nitrogens with two attached hydrogens (primary N) is 1. The zero-order chi connectivity index (χ0) is 13.9. The fourth-order valence-electron chi connectivity index (χ4n) is 1.24. The molecule has 0 saturated heterocycles. The molecule has 1 rings (SSSR count). The molecule has 5 nitrogen and oxygen atoms in total. The molecule has 0 unspecified atom stereocenters. The summed E-state index contributed by atoms with van der Waals surface area (Å²) in [5, 5.41) is 4.72. The number of carbonyl (C=O) groups excluding carboxylic acids is 1. The number of hydrogen-bond acceptors (Lipinski definition) is 5. The number of methoxy groups -OCH3 is 1. The van der Waals surface area contributed by atoms with E-state index in [4.69, 9.17) is 15.2 Å². The van der Waals surface area contributed by atoms with E-state index in [1.54, 1.807) is 18.4 Å². The summed E-state index contributed by atoms with van der Waals surface area (Å²) in [7, 11) is 1.59. The zero-order valence-corrected chi connectivity index (χ0v) is 11.7. The van der Waals surface area contributed by atoms with Gasteiger partial charge in [-0.2, -0.15) is 0 Å². The van der Waals surface area contributed by atoms with Crippen LogP contribution in [0.2, 0.25) is 0 Å². The van der Waals surface area contributed by atoms with E-state index in [1.165, 1.54) is 0 Å². The summed E-state index contributed by atoms with van der Waals surface area (Å²) in [5.74, 6) is 5.59. The minimum absolute atomic E-state index is 0.0502. The maximum absolute atomic E-state index is 11.4. The molecular formula is C13H18N2O3S. The second kappa shape index (κ2) is 9.53. The Kier molecular flexibility index (Phi) is 7.86. The van der Waals surface area contributed by atoms with Gasteiger partial charge in [0.05, 0.1) is 26.3 Å². The third-order valence-corrected chi connectivity index (χ3v) is 3.05. The van der Waals surface area contributed by atoms with Crippen LogP contribution in [-0.4, -0.2) is 39.4 Å². The summed E-state index contributed by atoms with van der Waals surface area (Å²) in [5.41, 5.74) is 6.23. The summed E-state index contributed by atoms with van der Waals surface area (Å²) in [6.07, 6.45) is 0. The van der Waals surface area contributed by atoms with E-state index in [0.717, 1.165) is 10.4 Å². The highest BCUT2D eigenvalue weighted by atomic mass is 32.1. The maximum atomic E-state index is 11.4. The molecule has 0 aliphatic rings. The lowest BCUT2D eigenvalue weighted by atomic mass is 10.3. The van der Waals surface area contributed by atoms with Gasteiger partial charge in [0.25, 0.3) is 0 Å². The van der Waals surface area contributed by atoms with Gasteiger partial charge in [-0.1, -0.05) is 11.8 Å². The fraction of sp³-hybridized carbons (Fsp3) is 0.462. The van der Waals surface area contributed by atoms with E-state index in [-0.39, 0.29) is 12.5 Å². The number of ether oxygens (including phenoxy) is 2. The SMILES string of the molecule is COCCOCC(=O)NCc1cc(C#CCN)cs1. The third-order valence-electron chi connectivity index (χ3n) is 2.11. The average molecular weight is 282 g/mol. The van der Waals surface area contributed by atoms with E-state index in [0.29, 0.717) is 26.3 Å². The van der Waals surface area contributed by atoms with Crippen molar-refractivity contribution in [2.75, 3.05) is 33.5 Å². The van der Waals surface area contributed by atoms with Crippen LogP contribution in [0.4, 0.5) is 0 Å². The molecule has 3 N–H and O–H groups in total. The molecule has 0 aromatic carbocycles. The quantitative estimate of drug-likeness (QED) is 0.558. The van der Waals surface area contributed by atoms with Gasteiger partial charge in [-0.05, 0) is 6.07 Å². The lowest BCUT2D eigenvalue weighted by Crippen LogP contribution is -2.27. The number of thiophene rings is 1. The van der Waals surface area contributed by atoms with E-state index in [2.05, 4.69) is 17.2 Å². The predicted octanol–water partition coefficient (Wildman–Crippen LogP) is 0.338. The molecule has 104 valence electrons. The van der Waals surface area contributed by atoms with Crippen LogP contribution >= 0.6 is 11.3 Å². The van der Waals surface area contributed by atoms with Crippen LogP contribution in [0.1, 0.15) is 10.4 Å². The van der Waals surface area contributed by atoms with Gasteiger partial charge in [0.2, 0.25) is 5.91 Å². The van der Waals surface area contributed by atoms with Gasteiger partial charge in [-0.25, -0.2) is 0 Å². The van der Waals surface area contributed by atoms with Crippen LogP contribution in [0.15, 0.2) is 11.4 Å². The Morgan fingerprint density at radius 3 is 3.11 bits per heavy atom. The summed E-state index contributed by atoms with van der Waals surface area (Å²) < 4.78 is 9.92. The van der Waals surface area contributed by atoms with Crippen molar-refractivity contribution in [2.24, 2.45) is 5.73 Å². The molecule has 0 radical (unpaired) electrons. The van der Waals surface area contributed by atoms with E-state index in [9.17, 15) is 4.79 Å². The number of carbonyl (C=O) groups is 1. The highest BCUT2D eigenvalue weighted by Crippen LogP contribution is 2.13. The van der Waals surface area contributed by atoms with Gasteiger partial charge in [-0.15, -0.1) is 11.3 Å². The second-order valence-electron chi connectivity index (χ2n) is 3.63. The topological polar surface area (TPSA) is 73.6 Å². The molecule has 0 saturated carbocycles. The van der Waals surface area contributed by atoms with Gasteiger partial charge in [0.1, 0.15) is 6.61 Å². The average Bonchev–Trinajstić information content (AvgIpc) is 2.87. The van der Waals surface area contributed by atoms with Crippen LogP contribution in [0.5, 0.6) is 0 Å². The first-order valence-corrected chi connectivity index (χ1v) is 6.74. The molecule has 1 amide bonds. The van der Waals surface area contributed by atoms with Crippen molar-refractivity contribution in [1.82, 2.24) is 5.32 Å². The van der Waals surface area contributed by atoms with Crippen molar-refractivity contribution in [3.63, 3.8) is 0 Å². The van der Waals surface area contributed by atoms with Crippen molar-refractivity contribution in [2.45, 2.75) is 6.54 Å². The standard InChI is InChI=1S/C13H18N2O3S/c1-17-5-6-18-9-13(16)15-8-12-7-11(10-19-12)3-2-4-14/h7,10H,4-6,8-9,14H2,1H3,(H,15,16). The Labute approximate surface area is 117 Å². The molecule has 0 aliphatic heterocycles. The first-order chi connectivity index (χ1) is 9.26. The minimum atomic E-state index is -0.140. The van der Waals surface area contributed by atoms with E-state index < -0.39 is 0 Å². The van der Waals surface area contributed by atoms with Crippen LogP contribution in [-0.2, 0) is 20.8 Å². The highest BCUT2D eigenvalue weighted by Gasteiger charge is 2.03. The molecule has 6 heteroatoms. The van der Waals surface area contributed by atoms with Crippen molar-refractivity contribution >= 4 is 17.2 Å². The third kappa shape index (κ3) is 6.94. The summed E-state index contributed by atoms with van der Waals surface area (Å²) >= 11 is 1.56. The van der Waals surface area contributed by atoms with Gasteiger partial charge in [0.15, 0.2) is 0 Å².